The number of hydrogen-bond acceptors (Lipinski definition) is 2. The van der Waals surface area contributed by atoms with E-state index >= 15 is 0 Å². The second-order valence-electron chi connectivity index (χ2n) is 5.23. The molecule has 1 amide bonds. The maximum absolute atomic E-state index is 13.0. The standard InChI is InChI=1S/C13H14F3NO2.ClH/c1-12(2)7-19-11(18)17-10(12)8-5-3-4-6-9(8)13(14,15)16;/h3-6,10H,7H2,1-2H3,(H,17,18);1H/t10-;/m0./s1. The van der Waals surface area contributed by atoms with Gasteiger partial charge in [0.15, 0.2) is 0 Å². The molecule has 112 valence electrons. The Bertz CT molecular complexity index is 503. The van der Waals surface area contributed by atoms with Crippen LogP contribution in [0.1, 0.15) is 31.0 Å². The number of halogens is 4. The van der Waals surface area contributed by atoms with Crippen molar-refractivity contribution in [1.29, 1.82) is 0 Å². The van der Waals surface area contributed by atoms with Crippen molar-refractivity contribution in [2.75, 3.05) is 6.61 Å². The SMILES string of the molecule is CC1(C)COC(=O)N[C@H]1c1ccccc1C(F)(F)F.Cl. The molecule has 1 aliphatic rings. The van der Waals surface area contributed by atoms with Crippen LogP contribution in [0.2, 0.25) is 0 Å². The van der Waals surface area contributed by atoms with Gasteiger partial charge in [0.25, 0.3) is 0 Å². The predicted octanol–water partition coefficient (Wildman–Crippen LogP) is 3.93. The predicted molar refractivity (Wildman–Crippen MR) is 69.7 cm³/mol. The number of benzene rings is 1. The number of nitrogens with one attached hydrogen (secondary N) is 1. The Kier molecular flexibility index (Phi) is 4.59. The molecule has 1 saturated heterocycles. The number of carbonyl (C=O) groups excluding carboxylic acids is 1. The van der Waals surface area contributed by atoms with Crippen molar-refractivity contribution in [3.05, 3.63) is 35.4 Å². The summed E-state index contributed by atoms with van der Waals surface area (Å²) in [6, 6.07) is 4.54. The van der Waals surface area contributed by atoms with Gasteiger partial charge in [-0.2, -0.15) is 13.2 Å². The van der Waals surface area contributed by atoms with E-state index in [1.54, 1.807) is 13.8 Å². The minimum Gasteiger partial charge on any atom is -0.449 e. The molecule has 1 atom stereocenters. The van der Waals surface area contributed by atoms with Crippen molar-refractivity contribution in [2.24, 2.45) is 5.41 Å². The second-order valence-corrected chi connectivity index (χ2v) is 5.23. The lowest BCUT2D eigenvalue weighted by Gasteiger charge is -2.39. The molecule has 3 nitrogen and oxygen atoms in total. The summed E-state index contributed by atoms with van der Waals surface area (Å²) in [6.07, 6.45) is -5.14. The molecule has 0 aliphatic carbocycles. The molecule has 0 saturated carbocycles. The highest BCUT2D eigenvalue weighted by atomic mass is 35.5. The first-order valence-corrected chi connectivity index (χ1v) is 5.81. The average molecular weight is 310 g/mol. The number of rotatable bonds is 1. The van der Waals surface area contributed by atoms with Crippen LogP contribution in [0.25, 0.3) is 0 Å². The topological polar surface area (TPSA) is 38.3 Å². The fraction of sp³-hybridized carbons (Fsp3) is 0.462. The quantitative estimate of drug-likeness (QED) is 0.853. The van der Waals surface area contributed by atoms with Gasteiger partial charge in [-0.1, -0.05) is 32.0 Å². The van der Waals surface area contributed by atoms with Crippen LogP contribution in [0, 0.1) is 5.41 Å². The van der Waals surface area contributed by atoms with Crippen LogP contribution >= 0.6 is 12.4 Å². The van der Waals surface area contributed by atoms with Crippen molar-refractivity contribution in [2.45, 2.75) is 26.1 Å². The van der Waals surface area contributed by atoms with Crippen molar-refractivity contribution >= 4 is 18.5 Å². The first-order chi connectivity index (χ1) is 8.72. The van der Waals surface area contributed by atoms with Crippen LogP contribution in [0.15, 0.2) is 24.3 Å². The molecule has 1 aliphatic heterocycles. The van der Waals surface area contributed by atoms with Crippen LogP contribution in [-0.4, -0.2) is 12.7 Å². The molecule has 0 radical (unpaired) electrons. The summed E-state index contributed by atoms with van der Waals surface area (Å²) in [5.41, 5.74) is -1.28. The zero-order chi connectivity index (χ0) is 14.3. The largest absolute Gasteiger partial charge is 0.449 e. The Hall–Kier alpha value is -1.43. The lowest BCUT2D eigenvalue weighted by atomic mass is 9.79. The second kappa shape index (κ2) is 5.52. The molecule has 2 rings (SSSR count). The zero-order valence-corrected chi connectivity index (χ0v) is 11.8. The van der Waals surface area contributed by atoms with E-state index in [0.717, 1.165) is 6.07 Å². The number of cyclic esters (lactones) is 1. The number of amides is 1. The van der Waals surface area contributed by atoms with Crippen molar-refractivity contribution in [3.8, 4) is 0 Å². The summed E-state index contributed by atoms with van der Waals surface area (Å²) >= 11 is 0. The van der Waals surface area contributed by atoms with Crippen LogP contribution in [0.4, 0.5) is 18.0 Å². The van der Waals surface area contributed by atoms with E-state index in [-0.39, 0.29) is 24.6 Å². The van der Waals surface area contributed by atoms with Crippen LogP contribution in [0.3, 0.4) is 0 Å². The van der Waals surface area contributed by atoms with E-state index in [9.17, 15) is 18.0 Å². The molecule has 1 heterocycles. The Labute approximate surface area is 120 Å². The lowest BCUT2D eigenvalue weighted by molar-refractivity contribution is -0.139. The van der Waals surface area contributed by atoms with E-state index in [2.05, 4.69) is 5.32 Å². The third-order valence-electron chi connectivity index (χ3n) is 3.20. The monoisotopic (exact) mass is 309 g/mol. The van der Waals surface area contributed by atoms with Gasteiger partial charge in [-0.15, -0.1) is 12.4 Å². The van der Waals surface area contributed by atoms with Crippen LogP contribution in [0.5, 0.6) is 0 Å². The third-order valence-corrected chi connectivity index (χ3v) is 3.20. The average Bonchev–Trinajstić information content (AvgIpc) is 2.31. The normalized spacial score (nSPS) is 21.4. The minimum atomic E-state index is -4.45. The summed E-state index contributed by atoms with van der Waals surface area (Å²) in [5.74, 6) is 0. The van der Waals surface area contributed by atoms with Gasteiger partial charge in [-0.3, -0.25) is 0 Å². The molecule has 0 unspecified atom stereocenters. The van der Waals surface area contributed by atoms with E-state index < -0.39 is 29.3 Å². The van der Waals surface area contributed by atoms with Gasteiger partial charge in [0.2, 0.25) is 0 Å². The van der Waals surface area contributed by atoms with Crippen molar-refractivity contribution in [3.63, 3.8) is 0 Å². The first kappa shape index (κ1) is 16.6. The van der Waals surface area contributed by atoms with E-state index in [1.807, 2.05) is 0 Å². The highest BCUT2D eigenvalue weighted by Crippen LogP contribution is 2.42. The highest BCUT2D eigenvalue weighted by molar-refractivity contribution is 5.85. The minimum absolute atomic E-state index is 0. The number of alkyl carbamates (subject to hydrolysis) is 1. The molecule has 1 aromatic rings. The van der Waals surface area contributed by atoms with Gasteiger partial charge in [-0.25, -0.2) is 4.79 Å². The van der Waals surface area contributed by atoms with Gasteiger partial charge >= 0.3 is 12.3 Å². The molecule has 1 aromatic carbocycles. The van der Waals surface area contributed by atoms with Gasteiger partial charge in [-0.05, 0) is 11.6 Å². The lowest BCUT2D eigenvalue weighted by Crippen LogP contribution is -2.47. The molecular formula is C13H15ClF3NO2. The number of alkyl halides is 3. The summed E-state index contributed by atoms with van der Waals surface area (Å²) in [7, 11) is 0. The number of carbonyl (C=O) groups is 1. The summed E-state index contributed by atoms with van der Waals surface area (Å²) < 4.78 is 43.9. The molecule has 1 N–H and O–H groups in total. The maximum Gasteiger partial charge on any atom is 0.416 e. The molecular weight excluding hydrogens is 295 g/mol. The fourth-order valence-corrected chi connectivity index (χ4v) is 2.20. The molecule has 0 bridgehead atoms. The van der Waals surface area contributed by atoms with Gasteiger partial charge in [0.1, 0.15) is 6.61 Å². The van der Waals surface area contributed by atoms with E-state index in [0.29, 0.717) is 0 Å². The first-order valence-electron chi connectivity index (χ1n) is 5.81. The Morgan fingerprint density at radius 2 is 1.90 bits per heavy atom. The highest BCUT2D eigenvalue weighted by Gasteiger charge is 2.43. The zero-order valence-electron chi connectivity index (χ0n) is 11.0. The Morgan fingerprint density at radius 1 is 1.30 bits per heavy atom. The Morgan fingerprint density at radius 3 is 2.50 bits per heavy atom. The summed E-state index contributed by atoms with van der Waals surface area (Å²) in [6.45, 7) is 3.59. The molecule has 7 heteroatoms. The molecule has 0 aromatic heterocycles. The smallest absolute Gasteiger partial charge is 0.416 e. The Balaban J connectivity index is 0.00000200. The summed E-state index contributed by atoms with van der Waals surface area (Å²) in [5, 5.41) is 2.47. The van der Waals surface area contributed by atoms with Gasteiger partial charge in [0.05, 0.1) is 11.6 Å². The van der Waals surface area contributed by atoms with Crippen molar-refractivity contribution in [1.82, 2.24) is 5.32 Å². The van der Waals surface area contributed by atoms with Crippen molar-refractivity contribution < 1.29 is 22.7 Å². The molecule has 0 spiro atoms. The fourth-order valence-electron chi connectivity index (χ4n) is 2.20. The molecule has 20 heavy (non-hydrogen) atoms. The number of ether oxygens (including phenoxy) is 1. The number of hydrogen-bond donors (Lipinski definition) is 1. The maximum atomic E-state index is 13.0. The summed E-state index contributed by atoms with van der Waals surface area (Å²) in [4.78, 5) is 11.3. The molecule has 1 fully saturated rings. The van der Waals surface area contributed by atoms with Gasteiger partial charge < -0.3 is 10.1 Å². The third kappa shape index (κ3) is 3.17. The van der Waals surface area contributed by atoms with E-state index in [4.69, 9.17) is 4.74 Å². The van der Waals surface area contributed by atoms with Crippen LogP contribution < -0.4 is 5.32 Å². The van der Waals surface area contributed by atoms with Crippen LogP contribution in [-0.2, 0) is 10.9 Å². The van der Waals surface area contributed by atoms with Gasteiger partial charge in [0, 0.05) is 5.41 Å². The van der Waals surface area contributed by atoms with E-state index in [1.165, 1.54) is 18.2 Å².